The number of alkyl halides is 3. The lowest BCUT2D eigenvalue weighted by atomic mass is 9.96. The van der Waals surface area contributed by atoms with Crippen molar-refractivity contribution in [1.29, 1.82) is 0 Å². The number of rotatable bonds is 4. The standard InChI is InChI=1S/C21H22F3N5O3/c1-10(12-4-13(21(22,23)24)6-14(30)5-12)25-18-15-7-16(29-8-20(3,32)9-29)19(31)26-17(15)11(2)27-28-18/h4-7,10,30,32H,8-9H2,1-3H3,(H,25,28)(H,26,31)/t10-/m1/s1. The van der Waals surface area contributed by atoms with Gasteiger partial charge in [0, 0.05) is 18.5 Å². The minimum absolute atomic E-state index is 0.205. The van der Waals surface area contributed by atoms with Gasteiger partial charge in [0.05, 0.1) is 28.4 Å². The number of phenols is 1. The third kappa shape index (κ3) is 4.07. The summed E-state index contributed by atoms with van der Waals surface area (Å²) in [6.45, 7) is 5.57. The molecule has 170 valence electrons. The smallest absolute Gasteiger partial charge is 0.416 e. The van der Waals surface area contributed by atoms with E-state index in [4.69, 9.17) is 0 Å². The van der Waals surface area contributed by atoms with Crippen LogP contribution in [0.2, 0.25) is 0 Å². The Balaban J connectivity index is 1.73. The Hall–Kier alpha value is -3.34. The van der Waals surface area contributed by atoms with E-state index in [0.29, 0.717) is 41.4 Å². The van der Waals surface area contributed by atoms with E-state index in [9.17, 15) is 28.2 Å². The fourth-order valence-corrected chi connectivity index (χ4v) is 3.84. The van der Waals surface area contributed by atoms with E-state index in [2.05, 4.69) is 20.5 Å². The highest BCUT2D eigenvalue weighted by atomic mass is 19.4. The van der Waals surface area contributed by atoms with Gasteiger partial charge in [-0.2, -0.15) is 18.3 Å². The molecule has 32 heavy (non-hydrogen) atoms. The van der Waals surface area contributed by atoms with Gasteiger partial charge in [0.15, 0.2) is 5.82 Å². The Labute approximate surface area is 180 Å². The van der Waals surface area contributed by atoms with Gasteiger partial charge in [-0.25, -0.2) is 0 Å². The lowest BCUT2D eigenvalue weighted by Crippen LogP contribution is -2.61. The summed E-state index contributed by atoms with van der Waals surface area (Å²) in [5.74, 6) is -0.237. The number of fused-ring (bicyclic) bond motifs is 1. The van der Waals surface area contributed by atoms with Gasteiger partial charge in [0.2, 0.25) is 0 Å². The van der Waals surface area contributed by atoms with Crippen LogP contribution >= 0.6 is 0 Å². The zero-order valence-corrected chi connectivity index (χ0v) is 17.6. The van der Waals surface area contributed by atoms with E-state index >= 15 is 0 Å². The van der Waals surface area contributed by atoms with Crippen LogP contribution in [0.3, 0.4) is 0 Å². The normalized spacial score (nSPS) is 16.7. The molecule has 2 aromatic heterocycles. The van der Waals surface area contributed by atoms with Crippen molar-refractivity contribution in [2.24, 2.45) is 0 Å². The number of benzene rings is 1. The van der Waals surface area contributed by atoms with E-state index in [0.717, 1.165) is 6.07 Å². The van der Waals surface area contributed by atoms with Crippen molar-refractivity contribution in [3.8, 4) is 5.75 Å². The van der Waals surface area contributed by atoms with Gasteiger partial charge >= 0.3 is 6.18 Å². The van der Waals surface area contributed by atoms with Crippen molar-refractivity contribution < 1.29 is 23.4 Å². The van der Waals surface area contributed by atoms with Gasteiger partial charge in [-0.15, -0.1) is 5.10 Å². The Bertz CT molecular complexity index is 1250. The van der Waals surface area contributed by atoms with E-state index in [1.807, 2.05) is 0 Å². The molecule has 0 aliphatic carbocycles. The fraction of sp³-hybridized carbons (Fsp3) is 0.381. The van der Waals surface area contributed by atoms with Crippen LogP contribution in [-0.2, 0) is 6.18 Å². The number of aliphatic hydroxyl groups is 1. The molecule has 4 rings (SSSR count). The molecule has 8 nitrogen and oxygen atoms in total. The van der Waals surface area contributed by atoms with Gasteiger partial charge in [-0.3, -0.25) is 4.79 Å². The number of β-amino-alcohol motifs (C(OH)–C–C–N with tert-alkyl or cyclic N) is 1. The molecule has 4 N–H and O–H groups in total. The maximum atomic E-state index is 13.1. The molecule has 3 heterocycles. The predicted molar refractivity (Wildman–Crippen MR) is 113 cm³/mol. The van der Waals surface area contributed by atoms with Crippen LogP contribution in [0.15, 0.2) is 29.1 Å². The van der Waals surface area contributed by atoms with Crippen LogP contribution in [0.4, 0.5) is 24.7 Å². The van der Waals surface area contributed by atoms with Crippen LogP contribution < -0.4 is 15.8 Å². The Morgan fingerprint density at radius 1 is 1.22 bits per heavy atom. The third-order valence-electron chi connectivity index (χ3n) is 5.46. The lowest BCUT2D eigenvalue weighted by molar-refractivity contribution is -0.137. The number of aromatic nitrogens is 3. The monoisotopic (exact) mass is 449 g/mol. The average Bonchev–Trinajstić information content (AvgIpc) is 2.67. The van der Waals surface area contributed by atoms with Crippen LogP contribution in [0.5, 0.6) is 5.75 Å². The molecular weight excluding hydrogens is 427 g/mol. The van der Waals surface area contributed by atoms with Gasteiger partial charge in [-0.1, -0.05) is 0 Å². The summed E-state index contributed by atoms with van der Waals surface area (Å²) >= 11 is 0. The first-order chi connectivity index (χ1) is 14.8. The second-order valence-electron chi connectivity index (χ2n) is 8.44. The zero-order chi connectivity index (χ0) is 23.4. The first-order valence-corrected chi connectivity index (χ1v) is 9.89. The number of anilines is 2. The van der Waals surface area contributed by atoms with Gasteiger partial charge in [0.25, 0.3) is 5.56 Å². The summed E-state index contributed by atoms with van der Waals surface area (Å²) < 4.78 is 39.4. The first kappa shape index (κ1) is 21.9. The van der Waals surface area contributed by atoms with Gasteiger partial charge in [0.1, 0.15) is 11.4 Å². The summed E-state index contributed by atoms with van der Waals surface area (Å²) in [5.41, 5.74) is -0.699. The number of hydrogen-bond donors (Lipinski definition) is 4. The number of nitrogens with one attached hydrogen (secondary N) is 2. The highest BCUT2D eigenvalue weighted by Crippen LogP contribution is 2.35. The van der Waals surface area contributed by atoms with Crippen molar-refractivity contribution in [3.63, 3.8) is 0 Å². The number of aromatic hydroxyl groups is 1. The second kappa shape index (κ2) is 7.37. The maximum Gasteiger partial charge on any atom is 0.416 e. The molecule has 0 unspecified atom stereocenters. The molecule has 3 aromatic rings. The third-order valence-corrected chi connectivity index (χ3v) is 5.46. The Morgan fingerprint density at radius 2 is 1.91 bits per heavy atom. The Morgan fingerprint density at radius 3 is 2.53 bits per heavy atom. The molecular formula is C21H22F3N5O3. The number of aryl methyl sites for hydroxylation is 1. The SMILES string of the molecule is Cc1nnc(N[C@H](C)c2cc(O)cc(C(F)(F)F)c2)c2cc(N3CC(C)(O)C3)c(=O)[nH]c12. The number of halogens is 3. The molecule has 1 aromatic carbocycles. The molecule has 0 bridgehead atoms. The van der Waals surface area contributed by atoms with E-state index < -0.39 is 29.1 Å². The van der Waals surface area contributed by atoms with Crippen molar-refractivity contribution in [2.45, 2.75) is 38.6 Å². The number of hydrogen-bond acceptors (Lipinski definition) is 7. The van der Waals surface area contributed by atoms with Crippen LogP contribution in [0.25, 0.3) is 10.9 Å². The molecule has 0 saturated carbocycles. The van der Waals surface area contributed by atoms with Crippen molar-refractivity contribution in [1.82, 2.24) is 15.2 Å². The lowest BCUT2D eigenvalue weighted by Gasteiger charge is -2.45. The van der Waals surface area contributed by atoms with Gasteiger partial charge < -0.3 is 25.4 Å². The minimum atomic E-state index is -4.60. The molecule has 11 heteroatoms. The van der Waals surface area contributed by atoms with Crippen LogP contribution in [-0.4, -0.2) is 44.1 Å². The number of aromatic amines is 1. The summed E-state index contributed by atoms with van der Waals surface area (Å²) in [5, 5.41) is 31.5. The summed E-state index contributed by atoms with van der Waals surface area (Å²) in [6, 6.07) is 3.83. The topological polar surface area (TPSA) is 114 Å². The largest absolute Gasteiger partial charge is 0.508 e. The molecule has 1 aliphatic rings. The number of pyridine rings is 1. The molecule has 1 fully saturated rings. The molecule has 0 amide bonds. The van der Waals surface area contributed by atoms with Crippen molar-refractivity contribution >= 4 is 22.4 Å². The van der Waals surface area contributed by atoms with E-state index in [-0.39, 0.29) is 16.9 Å². The van der Waals surface area contributed by atoms with Gasteiger partial charge in [-0.05, 0) is 50.6 Å². The highest BCUT2D eigenvalue weighted by molar-refractivity contribution is 5.92. The quantitative estimate of drug-likeness (QED) is 0.484. The predicted octanol–water partition coefficient (Wildman–Crippen LogP) is 3.10. The first-order valence-electron chi connectivity index (χ1n) is 9.89. The number of H-pyrrole nitrogens is 1. The summed E-state index contributed by atoms with van der Waals surface area (Å²) in [7, 11) is 0. The van der Waals surface area contributed by atoms with Crippen molar-refractivity contribution in [2.75, 3.05) is 23.3 Å². The second-order valence-corrected chi connectivity index (χ2v) is 8.44. The molecule has 1 aliphatic heterocycles. The fourth-order valence-electron chi connectivity index (χ4n) is 3.84. The number of nitrogens with zero attached hydrogens (tertiary/aromatic N) is 3. The van der Waals surface area contributed by atoms with Crippen LogP contribution in [0.1, 0.15) is 36.7 Å². The van der Waals surface area contributed by atoms with Crippen LogP contribution in [0, 0.1) is 6.92 Å². The molecule has 1 atom stereocenters. The van der Waals surface area contributed by atoms with Crippen molar-refractivity contribution in [3.05, 3.63) is 51.4 Å². The summed E-state index contributed by atoms with van der Waals surface area (Å²) in [4.78, 5) is 17.1. The molecule has 1 saturated heterocycles. The van der Waals surface area contributed by atoms with E-state index in [1.54, 1.807) is 31.7 Å². The Kier molecular flexibility index (Phi) is 5.04. The number of phenolic OH excluding ortho intramolecular Hbond substituents is 1. The molecule has 0 radical (unpaired) electrons. The average molecular weight is 449 g/mol. The highest BCUT2D eigenvalue weighted by Gasteiger charge is 2.38. The minimum Gasteiger partial charge on any atom is -0.508 e. The van der Waals surface area contributed by atoms with E-state index in [1.165, 1.54) is 6.07 Å². The molecule has 0 spiro atoms. The summed E-state index contributed by atoms with van der Waals surface area (Å²) in [6.07, 6.45) is -4.60. The zero-order valence-electron chi connectivity index (χ0n) is 17.6. The maximum absolute atomic E-state index is 13.1.